The molecule has 1 N–H and O–H groups in total. The van der Waals surface area contributed by atoms with Crippen molar-refractivity contribution in [2.45, 2.75) is 38.0 Å². The average Bonchev–Trinajstić information content (AvgIpc) is 2.76. The molecule has 2 heterocycles. The fourth-order valence-corrected chi connectivity index (χ4v) is 4.63. The highest BCUT2D eigenvalue weighted by Crippen LogP contribution is 2.29. The zero-order valence-corrected chi connectivity index (χ0v) is 16.4. The predicted molar refractivity (Wildman–Crippen MR) is 115 cm³/mol. The summed E-state index contributed by atoms with van der Waals surface area (Å²) in [5, 5.41) is 3.46. The van der Waals surface area contributed by atoms with Crippen LogP contribution in [0, 0.1) is 5.92 Å². The lowest BCUT2D eigenvalue weighted by Gasteiger charge is -2.35. The molecule has 2 aromatic rings. The van der Waals surface area contributed by atoms with Crippen molar-refractivity contribution in [2.75, 3.05) is 26.2 Å². The van der Waals surface area contributed by atoms with E-state index in [2.05, 4.69) is 71.4 Å². The molecular formula is C25H32N2. The maximum Gasteiger partial charge on any atom is 0.0366 e. The Morgan fingerprint density at radius 2 is 1.56 bits per heavy atom. The van der Waals surface area contributed by atoms with Crippen LogP contribution in [0.25, 0.3) is 5.70 Å². The zero-order valence-electron chi connectivity index (χ0n) is 16.4. The smallest absolute Gasteiger partial charge is 0.0366 e. The molecule has 2 aliphatic rings. The van der Waals surface area contributed by atoms with Gasteiger partial charge in [-0.1, -0.05) is 61.2 Å². The molecule has 2 aromatic carbocycles. The molecule has 2 aliphatic heterocycles. The minimum Gasteiger partial charge on any atom is -0.372 e. The molecule has 2 fully saturated rings. The molecule has 142 valence electrons. The quantitative estimate of drug-likeness (QED) is 0.800. The van der Waals surface area contributed by atoms with E-state index in [9.17, 15) is 0 Å². The SMILES string of the molecule is C=C(c1ccccc1)N1CCC(Cc2ccc(C3CCNCC3)cc2)CC1. The summed E-state index contributed by atoms with van der Waals surface area (Å²) in [5.41, 5.74) is 5.48. The highest BCUT2D eigenvalue weighted by atomic mass is 15.1. The second kappa shape index (κ2) is 8.75. The first-order chi connectivity index (χ1) is 13.3. The fourth-order valence-electron chi connectivity index (χ4n) is 4.63. The lowest BCUT2D eigenvalue weighted by atomic mass is 9.87. The van der Waals surface area contributed by atoms with Crippen molar-refractivity contribution >= 4 is 5.70 Å². The van der Waals surface area contributed by atoms with Crippen LogP contribution in [0.4, 0.5) is 0 Å². The van der Waals surface area contributed by atoms with Crippen molar-refractivity contribution in [1.82, 2.24) is 10.2 Å². The van der Waals surface area contributed by atoms with Crippen molar-refractivity contribution in [3.63, 3.8) is 0 Å². The Bertz CT molecular complexity index is 721. The largest absolute Gasteiger partial charge is 0.372 e. The lowest BCUT2D eigenvalue weighted by Crippen LogP contribution is -2.32. The van der Waals surface area contributed by atoms with Crippen LogP contribution >= 0.6 is 0 Å². The molecule has 0 radical (unpaired) electrons. The van der Waals surface area contributed by atoms with Gasteiger partial charge in [0.15, 0.2) is 0 Å². The number of hydrogen-bond acceptors (Lipinski definition) is 2. The van der Waals surface area contributed by atoms with Gasteiger partial charge in [0.2, 0.25) is 0 Å². The number of rotatable bonds is 5. The van der Waals surface area contributed by atoms with Crippen molar-refractivity contribution in [1.29, 1.82) is 0 Å². The molecule has 2 saturated heterocycles. The molecule has 0 aromatic heterocycles. The van der Waals surface area contributed by atoms with E-state index in [4.69, 9.17) is 0 Å². The maximum absolute atomic E-state index is 4.33. The normalized spacial score (nSPS) is 19.2. The van der Waals surface area contributed by atoms with Gasteiger partial charge >= 0.3 is 0 Å². The van der Waals surface area contributed by atoms with Crippen LogP contribution in [0.1, 0.15) is 48.3 Å². The molecule has 2 nitrogen and oxygen atoms in total. The van der Waals surface area contributed by atoms with Gasteiger partial charge in [-0.15, -0.1) is 0 Å². The second-order valence-corrected chi connectivity index (χ2v) is 8.21. The van der Waals surface area contributed by atoms with Gasteiger partial charge in [-0.05, 0) is 73.7 Å². The Morgan fingerprint density at radius 1 is 0.889 bits per heavy atom. The summed E-state index contributed by atoms with van der Waals surface area (Å²) >= 11 is 0. The van der Waals surface area contributed by atoms with Crippen molar-refractivity contribution in [3.05, 3.63) is 77.9 Å². The fraction of sp³-hybridized carbons (Fsp3) is 0.440. The summed E-state index contributed by atoms with van der Waals surface area (Å²) in [5.74, 6) is 1.56. The molecule has 0 unspecified atom stereocenters. The summed E-state index contributed by atoms with van der Waals surface area (Å²) < 4.78 is 0. The van der Waals surface area contributed by atoms with Gasteiger partial charge in [0, 0.05) is 18.8 Å². The Labute approximate surface area is 164 Å². The number of nitrogens with one attached hydrogen (secondary N) is 1. The van der Waals surface area contributed by atoms with Gasteiger partial charge in [0.05, 0.1) is 0 Å². The molecule has 0 bridgehead atoms. The van der Waals surface area contributed by atoms with E-state index >= 15 is 0 Å². The zero-order chi connectivity index (χ0) is 18.5. The highest BCUT2D eigenvalue weighted by Gasteiger charge is 2.21. The molecule has 0 saturated carbocycles. The van der Waals surface area contributed by atoms with E-state index in [0.717, 1.165) is 24.9 Å². The van der Waals surface area contributed by atoms with Gasteiger partial charge in [0.25, 0.3) is 0 Å². The number of benzene rings is 2. The van der Waals surface area contributed by atoms with Crippen molar-refractivity contribution in [2.24, 2.45) is 5.92 Å². The van der Waals surface area contributed by atoms with E-state index in [1.807, 2.05) is 0 Å². The summed E-state index contributed by atoms with van der Waals surface area (Å²) in [7, 11) is 0. The Balaban J connectivity index is 1.28. The number of likely N-dealkylation sites (tertiary alicyclic amines) is 1. The van der Waals surface area contributed by atoms with Crippen LogP contribution in [0.3, 0.4) is 0 Å². The van der Waals surface area contributed by atoms with E-state index < -0.39 is 0 Å². The second-order valence-electron chi connectivity index (χ2n) is 8.21. The van der Waals surface area contributed by atoms with E-state index in [1.165, 1.54) is 67.6 Å². The molecule has 0 amide bonds. The Kier molecular flexibility index (Phi) is 5.94. The lowest BCUT2D eigenvalue weighted by molar-refractivity contribution is 0.254. The molecule has 0 aliphatic carbocycles. The summed E-state index contributed by atoms with van der Waals surface area (Å²) in [6.45, 7) is 8.93. The van der Waals surface area contributed by atoms with Gasteiger partial charge in [-0.2, -0.15) is 0 Å². The first kappa shape index (κ1) is 18.3. The third kappa shape index (κ3) is 4.62. The third-order valence-electron chi connectivity index (χ3n) is 6.42. The highest BCUT2D eigenvalue weighted by molar-refractivity contribution is 5.61. The Hall–Kier alpha value is -2.06. The van der Waals surface area contributed by atoms with Crippen LogP contribution in [-0.2, 0) is 6.42 Å². The molecule has 2 heteroatoms. The Morgan fingerprint density at radius 3 is 2.22 bits per heavy atom. The summed E-state index contributed by atoms with van der Waals surface area (Å²) in [6.07, 6.45) is 6.31. The van der Waals surface area contributed by atoms with Crippen LogP contribution in [0.5, 0.6) is 0 Å². The van der Waals surface area contributed by atoms with Gasteiger partial charge in [0.1, 0.15) is 0 Å². The van der Waals surface area contributed by atoms with Crippen molar-refractivity contribution < 1.29 is 0 Å². The molecule has 0 atom stereocenters. The maximum atomic E-state index is 4.33. The first-order valence-corrected chi connectivity index (χ1v) is 10.6. The van der Waals surface area contributed by atoms with E-state index in [1.54, 1.807) is 0 Å². The minimum absolute atomic E-state index is 0.757. The van der Waals surface area contributed by atoms with Crippen molar-refractivity contribution in [3.8, 4) is 0 Å². The van der Waals surface area contributed by atoms with Crippen LogP contribution < -0.4 is 5.32 Å². The molecule has 4 rings (SSSR count). The summed E-state index contributed by atoms with van der Waals surface area (Å²) in [6, 6.07) is 20.1. The monoisotopic (exact) mass is 360 g/mol. The van der Waals surface area contributed by atoms with Crippen LogP contribution in [0.15, 0.2) is 61.2 Å². The first-order valence-electron chi connectivity index (χ1n) is 10.6. The average molecular weight is 361 g/mol. The van der Waals surface area contributed by atoms with Gasteiger partial charge in [-0.3, -0.25) is 0 Å². The minimum atomic E-state index is 0.757. The standard InChI is InChI=1S/C25H32N2/c1-20(23-5-3-2-4-6-23)27-17-13-22(14-18-27)19-21-7-9-24(10-8-21)25-11-15-26-16-12-25/h2-10,22,25-26H,1,11-19H2. The number of piperidine rings is 2. The molecule has 0 spiro atoms. The summed E-state index contributed by atoms with van der Waals surface area (Å²) in [4.78, 5) is 2.46. The molecular weight excluding hydrogens is 328 g/mol. The predicted octanol–water partition coefficient (Wildman–Crippen LogP) is 5.08. The number of nitrogens with zero attached hydrogens (tertiary/aromatic N) is 1. The molecule has 27 heavy (non-hydrogen) atoms. The van der Waals surface area contributed by atoms with Crippen LogP contribution in [-0.4, -0.2) is 31.1 Å². The third-order valence-corrected chi connectivity index (χ3v) is 6.42. The number of hydrogen-bond donors (Lipinski definition) is 1. The van der Waals surface area contributed by atoms with E-state index in [-0.39, 0.29) is 0 Å². The van der Waals surface area contributed by atoms with Gasteiger partial charge in [-0.25, -0.2) is 0 Å². The topological polar surface area (TPSA) is 15.3 Å². The van der Waals surface area contributed by atoms with Crippen LogP contribution in [0.2, 0.25) is 0 Å². The van der Waals surface area contributed by atoms with Gasteiger partial charge < -0.3 is 10.2 Å². The van der Waals surface area contributed by atoms with E-state index in [0.29, 0.717) is 0 Å².